The van der Waals surface area contributed by atoms with Crippen LogP contribution in [0.5, 0.6) is 0 Å². The van der Waals surface area contributed by atoms with E-state index in [1.165, 1.54) is 38.0 Å². The first-order valence-corrected chi connectivity index (χ1v) is 6.28. The Labute approximate surface area is 98.7 Å². The van der Waals surface area contributed by atoms with Gasteiger partial charge in [-0.25, -0.2) is 0 Å². The van der Waals surface area contributed by atoms with Gasteiger partial charge in [-0.2, -0.15) is 0 Å². The molecule has 1 aromatic rings. The lowest BCUT2D eigenvalue weighted by Gasteiger charge is -2.27. The van der Waals surface area contributed by atoms with Gasteiger partial charge in [0.05, 0.1) is 0 Å². The molecule has 0 unspecified atom stereocenters. The summed E-state index contributed by atoms with van der Waals surface area (Å²) in [6, 6.07) is 10.7. The summed E-state index contributed by atoms with van der Waals surface area (Å²) >= 11 is 0. The molecule has 0 aliphatic carbocycles. The van der Waals surface area contributed by atoms with Crippen LogP contribution in [-0.2, 0) is 6.54 Å². The smallest absolute Gasteiger partial charge is 0.0230 e. The Morgan fingerprint density at radius 2 is 1.88 bits per heavy atom. The minimum absolute atomic E-state index is 0.884. The van der Waals surface area contributed by atoms with Gasteiger partial charge in [-0.3, -0.25) is 0 Å². The molecule has 0 atom stereocenters. The van der Waals surface area contributed by atoms with E-state index in [0.29, 0.717) is 0 Å². The van der Waals surface area contributed by atoms with Crippen molar-refractivity contribution in [2.24, 2.45) is 5.92 Å². The van der Waals surface area contributed by atoms with Crippen LogP contribution in [0.15, 0.2) is 30.3 Å². The Kier molecular flexibility index (Phi) is 4.37. The molecular formula is C14H22N2. The highest BCUT2D eigenvalue weighted by atomic mass is 15.1. The van der Waals surface area contributed by atoms with Gasteiger partial charge >= 0.3 is 0 Å². The van der Waals surface area contributed by atoms with E-state index in [2.05, 4.69) is 47.6 Å². The Morgan fingerprint density at radius 3 is 2.56 bits per heavy atom. The highest BCUT2D eigenvalue weighted by Crippen LogP contribution is 2.14. The first-order chi connectivity index (χ1) is 7.84. The lowest BCUT2D eigenvalue weighted by atomic mass is 9.97. The van der Waals surface area contributed by atoms with Crippen LogP contribution >= 0.6 is 0 Å². The zero-order valence-corrected chi connectivity index (χ0v) is 10.2. The summed E-state index contributed by atoms with van der Waals surface area (Å²) in [4.78, 5) is 2.45. The van der Waals surface area contributed by atoms with Crippen LogP contribution in [0.4, 0.5) is 0 Å². The molecule has 2 rings (SSSR count). The van der Waals surface area contributed by atoms with Crippen LogP contribution in [0.25, 0.3) is 0 Å². The first-order valence-electron chi connectivity index (χ1n) is 6.28. The number of benzene rings is 1. The molecule has 1 N–H and O–H groups in total. The van der Waals surface area contributed by atoms with E-state index in [1.54, 1.807) is 0 Å². The zero-order chi connectivity index (χ0) is 11.2. The number of nitrogens with zero attached hydrogens (tertiary/aromatic N) is 1. The molecule has 0 aromatic heterocycles. The zero-order valence-electron chi connectivity index (χ0n) is 10.2. The van der Waals surface area contributed by atoms with Crippen molar-refractivity contribution in [2.75, 3.05) is 26.7 Å². The summed E-state index contributed by atoms with van der Waals surface area (Å²) in [5, 5.41) is 3.42. The highest BCUT2D eigenvalue weighted by Gasteiger charge is 2.14. The van der Waals surface area contributed by atoms with Gasteiger partial charge in [0, 0.05) is 13.1 Å². The predicted molar refractivity (Wildman–Crippen MR) is 68.4 cm³/mol. The molecule has 1 aliphatic heterocycles. The Hall–Kier alpha value is -0.860. The van der Waals surface area contributed by atoms with Crippen molar-refractivity contribution >= 4 is 0 Å². The van der Waals surface area contributed by atoms with E-state index in [-0.39, 0.29) is 0 Å². The molecule has 88 valence electrons. The van der Waals surface area contributed by atoms with Crippen molar-refractivity contribution in [3.05, 3.63) is 35.9 Å². The number of rotatable bonds is 4. The molecule has 1 aromatic carbocycles. The largest absolute Gasteiger partial charge is 0.317 e. The van der Waals surface area contributed by atoms with Gasteiger partial charge in [-0.15, -0.1) is 0 Å². The normalized spacial score (nSPS) is 17.9. The predicted octanol–water partition coefficient (Wildman–Crippen LogP) is 2.12. The van der Waals surface area contributed by atoms with Gasteiger partial charge in [0.1, 0.15) is 0 Å². The molecule has 2 nitrogen and oxygen atoms in total. The third-order valence-electron chi connectivity index (χ3n) is 3.32. The van der Waals surface area contributed by atoms with Gasteiger partial charge < -0.3 is 10.2 Å². The van der Waals surface area contributed by atoms with E-state index >= 15 is 0 Å². The maximum atomic E-state index is 3.42. The summed E-state index contributed by atoms with van der Waals surface area (Å²) in [6.45, 7) is 4.70. The first kappa shape index (κ1) is 11.6. The molecule has 0 spiro atoms. The monoisotopic (exact) mass is 218 g/mol. The second-order valence-corrected chi connectivity index (χ2v) is 4.88. The van der Waals surface area contributed by atoms with Crippen LogP contribution in [0, 0.1) is 5.92 Å². The number of nitrogens with one attached hydrogen (secondary N) is 1. The fraction of sp³-hybridized carbons (Fsp3) is 0.571. The van der Waals surface area contributed by atoms with Crippen molar-refractivity contribution in [1.82, 2.24) is 10.2 Å². The topological polar surface area (TPSA) is 15.3 Å². The molecule has 1 saturated heterocycles. The minimum Gasteiger partial charge on any atom is -0.317 e. The van der Waals surface area contributed by atoms with E-state index in [1.807, 2.05) is 0 Å². The van der Waals surface area contributed by atoms with Crippen LogP contribution in [-0.4, -0.2) is 31.6 Å². The van der Waals surface area contributed by atoms with E-state index in [9.17, 15) is 0 Å². The fourth-order valence-electron chi connectivity index (χ4n) is 2.46. The van der Waals surface area contributed by atoms with Crippen LogP contribution in [0.2, 0.25) is 0 Å². The molecule has 2 heteroatoms. The fourth-order valence-corrected chi connectivity index (χ4v) is 2.46. The van der Waals surface area contributed by atoms with Gasteiger partial charge in [-0.05, 0) is 44.5 Å². The highest BCUT2D eigenvalue weighted by molar-refractivity contribution is 5.14. The molecule has 0 bridgehead atoms. The Morgan fingerprint density at radius 1 is 1.19 bits per heavy atom. The van der Waals surface area contributed by atoms with Gasteiger partial charge in [0.25, 0.3) is 0 Å². The van der Waals surface area contributed by atoms with Crippen molar-refractivity contribution in [3.63, 3.8) is 0 Å². The maximum Gasteiger partial charge on any atom is 0.0230 e. The third-order valence-corrected chi connectivity index (χ3v) is 3.32. The molecule has 0 amide bonds. The number of hydrogen-bond acceptors (Lipinski definition) is 2. The molecular weight excluding hydrogens is 196 g/mol. The molecule has 16 heavy (non-hydrogen) atoms. The van der Waals surface area contributed by atoms with Crippen LogP contribution in [0.1, 0.15) is 18.4 Å². The van der Waals surface area contributed by atoms with Crippen molar-refractivity contribution in [3.8, 4) is 0 Å². The summed E-state index contributed by atoms with van der Waals surface area (Å²) in [6.07, 6.45) is 2.66. The standard InChI is InChI=1S/C14H22N2/c1-16(11-13-5-3-2-4-6-13)12-14-7-9-15-10-8-14/h2-6,14-15H,7-12H2,1H3. The maximum absolute atomic E-state index is 3.42. The van der Waals surface area contributed by atoms with Crippen molar-refractivity contribution in [1.29, 1.82) is 0 Å². The van der Waals surface area contributed by atoms with E-state index in [4.69, 9.17) is 0 Å². The quantitative estimate of drug-likeness (QED) is 0.833. The molecule has 1 fully saturated rings. The second kappa shape index (κ2) is 6.02. The van der Waals surface area contributed by atoms with Crippen LogP contribution < -0.4 is 5.32 Å². The third kappa shape index (κ3) is 3.62. The summed E-state index contributed by atoms with van der Waals surface area (Å²) < 4.78 is 0. The van der Waals surface area contributed by atoms with Gasteiger partial charge in [0.2, 0.25) is 0 Å². The number of piperidine rings is 1. The minimum atomic E-state index is 0.884. The van der Waals surface area contributed by atoms with Crippen molar-refractivity contribution in [2.45, 2.75) is 19.4 Å². The molecule has 0 saturated carbocycles. The average molecular weight is 218 g/mol. The Bertz CT molecular complexity index is 291. The van der Waals surface area contributed by atoms with E-state index in [0.717, 1.165) is 12.5 Å². The lowest BCUT2D eigenvalue weighted by molar-refractivity contribution is 0.234. The summed E-state index contributed by atoms with van der Waals surface area (Å²) in [7, 11) is 2.23. The molecule has 0 radical (unpaired) electrons. The lowest BCUT2D eigenvalue weighted by Crippen LogP contribution is -2.34. The van der Waals surface area contributed by atoms with Crippen molar-refractivity contribution < 1.29 is 0 Å². The summed E-state index contributed by atoms with van der Waals surface area (Å²) in [5.41, 5.74) is 1.42. The van der Waals surface area contributed by atoms with Gasteiger partial charge in [0.15, 0.2) is 0 Å². The number of hydrogen-bond donors (Lipinski definition) is 1. The summed E-state index contributed by atoms with van der Waals surface area (Å²) in [5.74, 6) is 0.884. The molecule has 1 aliphatic rings. The Balaban J connectivity index is 1.77. The van der Waals surface area contributed by atoms with Gasteiger partial charge in [-0.1, -0.05) is 30.3 Å². The van der Waals surface area contributed by atoms with E-state index < -0.39 is 0 Å². The average Bonchev–Trinajstić information content (AvgIpc) is 2.31. The second-order valence-electron chi connectivity index (χ2n) is 4.88. The SMILES string of the molecule is CN(Cc1ccccc1)CC1CCNCC1. The van der Waals surface area contributed by atoms with Crippen LogP contribution in [0.3, 0.4) is 0 Å². The molecule has 1 heterocycles.